The van der Waals surface area contributed by atoms with Crippen LogP contribution in [0, 0.1) is 0 Å². The van der Waals surface area contributed by atoms with Gasteiger partial charge in [0.15, 0.2) is 0 Å². The largest absolute Gasteiger partial charge is 0.453 e. The summed E-state index contributed by atoms with van der Waals surface area (Å²) in [5.74, 6) is 0. The molecule has 2 aromatic rings. The fourth-order valence-electron chi connectivity index (χ4n) is 2.84. The number of fused-ring (bicyclic) bond motifs is 1. The van der Waals surface area contributed by atoms with Crippen molar-refractivity contribution in [2.24, 2.45) is 0 Å². The Morgan fingerprint density at radius 2 is 1.92 bits per heavy atom. The molecule has 0 spiro atoms. The van der Waals surface area contributed by atoms with Gasteiger partial charge in [-0.3, -0.25) is 4.72 Å². The van der Waals surface area contributed by atoms with Crippen molar-refractivity contribution in [1.29, 1.82) is 0 Å². The van der Waals surface area contributed by atoms with Crippen molar-refractivity contribution in [2.75, 3.05) is 18.4 Å². The number of hydrogen-bond acceptors (Lipinski definition) is 4. The molecule has 1 heterocycles. The van der Waals surface area contributed by atoms with Crippen LogP contribution < -0.4 is 4.72 Å². The van der Waals surface area contributed by atoms with Crippen LogP contribution in [-0.2, 0) is 27.7 Å². The predicted molar refractivity (Wildman–Crippen MR) is 101 cm³/mol. The number of amides is 1. The van der Waals surface area contributed by atoms with E-state index in [-0.39, 0.29) is 6.09 Å². The van der Waals surface area contributed by atoms with E-state index in [9.17, 15) is 13.2 Å². The molecule has 1 aliphatic heterocycles. The summed E-state index contributed by atoms with van der Waals surface area (Å²) in [6.07, 6.45) is 1.87. The fraction of sp³-hybridized carbons (Fsp3) is 0.211. The van der Waals surface area contributed by atoms with E-state index in [0.717, 1.165) is 22.1 Å². The number of sulfonamides is 1. The lowest BCUT2D eigenvalue weighted by Crippen LogP contribution is -2.35. The molecular weight excluding hydrogens is 352 g/mol. The van der Waals surface area contributed by atoms with Gasteiger partial charge in [-0.15, -0.1) is 0 Å². The molecule has 0 fully saturated rings. The Kier molecular flexibility index (Phi) is 5.27. The van der Waals surface area contributed by atoms with Crippen LogP contribution in [0.15, 0.2) is 53.9 Å². The smallest absolute Gasteiger partial charge is 0.409 e. The number of hydrogen-bond donors (Lipinski definition) is 1. The van der Waals surface area contributed by atoms with Gasteiger partial charge in [-0.1, -0.05) is 36.4 Å². The van der Waals surface area contributed by atoms with Gasteiger partial charge in [-0.05, 0) is 41.3 Å². The number of methoxy groups -OCH3 is 1. The van der Waals surface area contributed by atoms with Gasteiger partial charge in [-0.25, -0.2) is 13.2 Å². The van der Waals surface area contributed by atoms with Gasteiger partial charge in [0, 0.05) is 18.8 Å². The molecule has 0 saturated carbocycles. The first-order valence-corrected chi connectivity index (χ1v) is 9.72. The summed E-state index contributed by atoms with van der Waals surface area (Å²) in [4.78, 5) is 13.3. The van der Waals surface area contributed by atoms with Crippen LogP contribution in [0.1, 0.15) is 16.7 Å². The van der Waals surface area contributed by atoms with E-state index >= 15 is 0 Å². The van der Waals surface area contributed by atoms with Gasteiger partial charge in [0.1, 0.15) is 0 Å². The summed E-state index contributed by atoms with van der Waals surface area (Å²) in [6, 6.07) is 14.6. The average molecular weight is 372 g/mol. The fourth-order valence-corrected chi connectivity index (χ4v) is 3.70. The second-order valence-corrected chi connectivity index (χ2v) is 7.55. The molecule has 0 bridgehead atoms. The molecular formula is C19H20N2O4S. The molecule has 0 unspecified atom stereocenters. The Morgan fingerprint density at radius 3 is 2.65 bits per heavy atom. The molecule has 136 valence electrons. The second kappa shape index (κ2) is 7.61. The maximum absolute atomic E-state index is 12.3. The number of anilines is 1. The van der Waals surface area contributed by atoms with E-state index in [1.54, 1.807) is 23.1 Å². The Hall–Kier alpha value is -2.80. The van der Waals surface area contributed by atoms with E-state index in [1.807, 2.05) is 36.4 Å². The molecule has 1 amide bonds. The highest BCUT2D eigenvalue weighted by Crippen LogP contribution is 2.24. The summed E-state index contributed by atoms with van der Waals surface area (Å²) in [5.41, 5.74) is 3.28. The number of carbonyl (C=O) groups is 1. The zero-order chi connectivity index (χ0) is 18.6. The lowest BCUT2D eigenvalue weighted by atomic mass is 9.99. The maximum Gasteiger partial charge on any atom is 0.409 e. The molecule has 7 heteroatoms. The van der Waals surface area contributed by atoms with Gasteiger partial charge < -0.3 is 9.64 Å². The molecule has 0 aliphatic carbocycles. The van der Waals surface area contributed by atoms with Gasteiger partial charge >= 0.3 is 6.09 Å². The first kappa shape index (κ1) is 18.0. The van der Waals surface area contributed by atoms with Crippen LogP contribution in [0.2, 0.25) is 0 Å². The van der Waals surface area contributed by atoms with Crippen molar-refractivity contribution in [3.63, 3.8) is 0 Å². The molecule has 0 radical (unpaired) electrons. The Bertz CT molecular complexity index is 924. The molecule has 0 saturated heterocycles. The standard InChI is InChI=1S/C19H20N2O4S/c1-25-19(22)21-11-9-16-7-8-18(13-17(16)14-21)20-26(23,24)12-10-15-5-3-2-4-6-15/h2-8,10,12-13,20H,9,11,14H2,1H3/b12-10+. The summed E-state index contributed by atoms with van der Waals surface area (Å²) >= 11 is 0. The normalized spacial score (nSPS) is 14.1. The van der Waals surface area contributed by atoms with Gasteiger partial charge in [0.25, 0.3) is 10.0 Å². The first-order chi connectivity index (χ1) is 12.5. The van der Waals surface area contributed by atoms with Crippen molar-refractivity contribution in [2.45, 2.75) is 13.0 Å². The third-order valence-electron chi connectivity index (χ3n) is 4.15. The Balaban J connectivity index is 1.74. The quantitative estimate of drug-likeness (QED) is 0.894. The van der Waals surface area contributed by atoms with E-state index in [4.69, 9.17) is 4.74 Å². The summed E-state index contributed by atoms with van der Waals surface area (Å²) < 4.78 is 31.9. The SMILES string of the molecule is COC(=O)N1CCc2ccc(NS(=O)(=O)/C=C/c3ccccc3)cc2C1. The first-order valence-electron chi connectivity index (χ1n) is 8.17. The topological polar surface area (TPSA) is 75.7 Å². The van der Waals surface area contributed by atoms with E-state index in [2.05, 4.69) is 4.72 Å². The third-order valence-corrected chi connectivity index (χ3v) is 5.17. The minimum atomic E-state index is -3.63. The molecule has 0 atom stereocenters. The van der Waals surface area contributed by atoms with Gasteiger partial charge in [0.2, 0.25) is 0 Å². The number of nitrogens with one attached hydrogen (secondary N) is 1. The molecule has 2 aromatic carbocycles. The molecule has 6 nitrogen and oxygen atoms in total. The zero-order valence-electron chi connectivity index (χ0n) is 14.4. The highest BCUT2D eigenvalue weighted by Gasteiger charge is 2.21. The summed E-state index contributed by atoms with van der Waals surface area (Å²) in [7, 11) is -2.28. The van der Waals surface area contributed by atoms with Crippen LogP contribution in [0.4, 0.5) is 10.5 Å². The summed E-state index contributed by atoms with van der Waals surface area (Å²) in [5, 5.41) is 1.14. The lowest BCUT2D eigenvalue weighted by molar-refractivity contribution is 0.118. The summed E-state index contributed by atoms with van der Waals surface area (Å²) in [6.45, 7) is 0.988. The monoisotopic (exact) mass is 372 g/mol. The zero-order valence-corrected chi connectivity index (χ0v) is 15.2. The van der Waals surface area contributed by atoms with Crippen LogP contribution >= 0.6 is 0 Å². The maximum atomic E-state index is 12.3. The lowest BCUT2D eigenvalue weighted by Gasteiger charge is -2.28. The Morgan fingerprint density at radius 1 is 1.15 bits per heavy atom. The molecule has 0 aromatic heterocycles. The van der Waals surface area contributed by atoms with Crippen LogP contribution in [0.3, 0.4) is 0 Å². The predicted octanol–water partition coefficient (Wildman–Crippen LogP) is 3.22. The Labute approximate surface area is 153 Å². The number of benzene rings is 2. The average Bonchev–Trinajstić information content (AvgIpc) is 2.66. The van der Waals surface area contributed by atoms with Crippen molar-refractivity contribution in [3.05, 3.63) is 70.6 Å². The van der Waals surface area contributed by atoms with Crippen molar-refractivity contribution in [3.8, 4) is 0 Å². The molecule has 3 rings (SSSR count). The number of rotatable bonds is 4. The highest BCUT2D eigenvalue weighted by molar-refractivity contribution is 7.95. The van der Waals surface area contributed by atoms with E-state index < -0.39 is 10.0 Å². The highest BCUT2D eigenvalue weighted by atomic mass is 32.2. The molecule has 1 N–H and O–H groups in total. The van der Waals surface area contributed by atoms with Crippen LogP contribution in [0.5, 0.6) is 0 Å². The number of nitrogens with zero attached hydrogens (tertiary/aromatic N) is 1. The van der Waals surface area contributed by atoms with Crippen LogP contribution in [-0.4, -0.2) is 33.1 Å². The minimum absolute atomic E-state index is 0.382. The van der Waals surface area contributed by atoms with Crippen molar-refractivity contribution in [1.82, 2.24) is 4.90 Å². The number of ether oxygens (including phenoxy) is 1. The molecule has 1 aliphatic rings. The van der Waals surface area contributed by atoms with Crippen molar-refractivity contribution < 1.29 is 17.9 Å². The minimum Gasteiger partial charge on any atom is -0.453 e. The number of carbonyl (C=O) groups excluding carboxylic acids is 1. The van der Waals surface area contributed by atoms with E-state index in [0.29, 0.717) is 25.2 Å². The van der Waals surface area contributed by atoms with Crippen molar-refractivity contribution >= 4 is 27.9 Å². The van der Waals surface area contributed by atoms with Crippen LogP contribution in [0.25, 0.3) is 6.08 Å². The molecule has 26 heavy (non-hydrogen) atoms. The van der Waals surface area contributed by atoms with E-state index in [1.165, 1.54) is 7.11 Å². The van der Waals surface area contributed by atoms with Gasteiger partial charge in [-0.2, -0.15) is 0 Å². The second-order valence-electron chi connectivity index (χ2n) is 5.99. The van der Waals surface area contributed by atoms with Gasteiger partial charge in [0.05, 0.1) is 12.5 Å². The third kappa shape index (κ3) is 4.43.